The largest absolute Gasteiger partial charge is 0.416 e. The summed E-state index contributed by atoms with van der Waals surface area (Å²) >= 11 is -1.50. The second-order valence-electron chi connectivity index (χ2n) is 12.4. The maximum atomic E-state index is 12.9. The minimum absolute atomic E-state index is 0.322. The molecule has 2 aromatic carbocycles. The third kappa shape index (κ3) is 18.0. The van der Waals surface area contributed by atoms with Crippen molar-refractivity contribution in [3.05, 3.63) is 149 Å². The molecule has 0 saturated carbocycles. The van der Waals surface area contributed by atoms with Crippen LogP contribution in [0.5, 0.6) is 0 Å². The highest BCUT2D eigenvalue weighted by Crippen LogP contribution is 2.33. The molecule has 0 spiro atoms. The predicted molar refractivity (Wildman–Crippen MR) is 224 cm³/mol. The first-order valence-electron chi connectivity index (χ1n) is 18.1. The van der Waals surface area contributed by atoms with Crippen LogP contribution < -0.4 is 11.2 Å². The van der Waals surface area contributed by atoms with Gasteiger partial charge >= 0.3 is 35.5 Å². The zero-order chi connectivity index (χ0) is 47.0. The van der Waals surface area contributed by atoms with Gasteiger partial charge in [-0.3, -0.25) is 20.2 Å². The van der Waals surface area contributed by atoms with Gasteiger partial charge in [-0.1, -0.05) is 38.1 Å². The lowest BCUT2D eigenvalue weighted by atomic mass is 10.0. The normalized spacial score (nSPS) is 10.6. The summed E-state index contributed by atoms with van der Waals surface area (Å²) in [4.78, 5) is 35.1. The Morgan fingerprint density at radius 1 is 0.635 bits per heavy atom. The van der Waals surface area contributed by atoms with Crippen molar-refractivity contribution >= 4 is 41.5 Å². The SMILES string of the molecule is CCc1cc(-c2cccc(C(F)(F)F)c2)cnc1/C=N/Nc1cc(C)ncn1.CCc1cc(-c2cccc(C(F)(F)F)c2)cnc1C=O.Cc1cc(CN)ncn1.O=S=O.O=S=O. The van der Waals surface area contributed by atoms with Crippen LogP contribution >= 0.6 is 0 Å². The fraction of sp³-hybridized carbons (Fsp3) is 0.220. The zero-order valence-electron chi connectivity index (χ0n) is 33.8. The molecule has 0 bridgehead atoms. The van der Waals surface area contributed by atoms with Crippen molar-refractivity contribution in [3.63, 3.8) is 0 Å². The summed E-state index contributed by atoms with van der Waals surface area (Å²) in [6, 6.07) is 17.4. The molecule has 0 unspecified atom stereocenters. The van der Waals surface area contributed by atoms with Crippen LogP contribution in [0.4, 0.5) is 32.2 Å². The van der Waals surface area contributed by atoms with Crippen molar-refractivity contribution in [1.82, 2.24) is 29.9 Å². The topological polar surface area (TPSA) is 213 Å². The van der Waals surface area contributed by atoms with E-state index < -0.39 is 46.6 Å². The molecule has 0 radical (unpaired) electrons. The Labute approximate surface area is 364 Å². The number of alkyl halides is 6. The molecule has 6 aromatic rings. The molecule has 0 atom stereocenters. The third-order valence-electron chi connectivity index (χ3n) is 8.16. The molecule has 0 amide bonds. The Bertz CT molecular complexity index is 2510. The van der Waals surface area contributed by atoms with E-state index in [1.165, 1.54) is 31.0 Å². The number of aromatic nitrogens is 6. The monoisotopic (exact) mass is 915 g/mol. The first-order valence-corrected chi connectivity index (χ1v) is 19.5. The number of rotatable bonds is 9. The van der Waals surface area contributed by atoms with Crippen LogP contribution in [-0.4, -0.2) is 59.2 Å². The van der Waals surface area contributed by atoms with E-state index in [0.29, 0.717) is 65.1 Å². The fourth-order valence-electron chi connectivity index (χ4n) is 5.19. The molecule has 63 heavy (non-hydrogen) atoms. The van der Waals surface area contributed by atoms with Gasteiger partial charge in [0, 0.05) is 47.5 Å². The minimum Gasteiger partial charge on any atom is -0.325 e. The van der Waals surface area contributed by atoms with Gasteiger partial charge < -0.3 is 5.73 Å². The highest BCUT2D eigenvalue weighted by Gasteiger charge is 2.31. The predicted octanol–water partition coefficient (Wildman–Crippen LogP) is 7.92. The number of nitrogens with one attached hydrogen (secondary N) is 1. The quantitative estimate of drug-likeness (QED) is 0.0611. The Hall–Kier alpha value is -6.78. The van der Waals surface area contributed by atoms with Crippen LogP contribution in [-0.2, 0) is 54.9 Å². The molecule has 0 fully saturated rings. The number of anilines is 1. The van der Waals surface area contributed by atoms with E-state index in [2.05, 4.69) is 40.4 Å². The molecule has 0 saturated heterocycles. The second kappa shape index (κ2) is 26.5. The number of carbonyl (C=O) groups is 1. The number of aldehydes is 1. The Balaban J connectivity index is 0.000000337. The summed E-state index contributed by atoms with van der Waals surface area (Å²) in [5, 5.41) is 4.13. The number of pyridine rings is 2. The number of hydrogen-bond donors (Lipinski definition) is 2. The van der Waals surface area contributed by atoms with E-state index in [1.54, 1.807) is 36.7 Å². The first kappa shape index (κ1) is 52.4. The fourth-order valence-corrected chi connectivity index (χ4v) is 5.19. The molecular formula is C41H39F6N9O5S2. The number of hydrazone groups is 1. The number of hydrogen-bond acceptors (Lipinski definition) is 14. The van der Waals surface area contributed by atoms with Gasteiger partial charge in [0.15, 0.2) is 6.29 Å². The van der Waals surface area contributed by atoms with E-state index in [1.807, 2.05) is 39.8 Å². The van der Waals surface area contributed by atoms with Crippen LogP contribution in [0.15, 0.2) is 103 Å². The summed E-state index contributed by atoms with van der Waals surface area (Å²) in [6.07, 6.45) is 0.629. The molecule has 0 aliphatic heterocycles. The van der Waals surface area contributed by atoms with E-state index >= 15 is 0 Å². The minimum atomic E-state index is -4.38. The van der Waals surface area contributed by atoms with Gasteiger partial charge in [0.2, 0.25) is 0 Å². The number of nitrogens with zero attached hydrogens (tertiary/aromatic N) is 7. The van der Waals surface area contributed by atoms with Gasteiger partial charge in [-0.2, -0.15) is 48.3 Å². The lowest BCUT2D eigenvalue weighted by molar-refractivity contribution is -0.138. The summed E-state index contributed by atoms with van der Waals surface area (Å²) in [7, 11) is 0. The Kier molecular flexibility index (Phi) is 22.1. The molecule has 22 heteroatoms. The summed E-state index contributed by atoms with van der Waals surface area (Å²) in [6.45, 7) is 8.06. The van der Waals surface area contributed by atoms with Gasteiger partial charge in [-0.25, -0.2) is 19.9 Å². The Morgan fingerprint density at radius 3 is 1.51 bits per heavy atom. The van der Waals surface area contributed by atoms with Crippen molar-refractivity contribution in [2.24, 2.45) is 10.8 Å². The number of aryl methyl sites for hydroxylation is 4. The molecule has 14 nitrogen and oxygen atoms in total. The van der Waals surface area contributed by atoms with Crippen molar-refractivity contribution in [3.8, 4) is 22.3 Å². The Morgan fingerprint density at radius 2 is 1.10 bits per heavy atom. The van der Waals surface area contributed by atoms with Gasteiger partial charge in [-0.05, 0) is 91.4 Å². The van der Waals surface area contributed by atoms with E-state index in [4.69, 9.17) is 22.6 Å². The van der Waals surface area contributed by atoms with E-state index in [9.17, 15) is 31.1 Å². The highest BCUT2D eigenvalue weighted by molar-refractivity contribution is 7.51. The van der Waals surface area contributed by atoms with Crippen molar-refractivity contribution in [1.29, 1.82) is 0 Å². The second-order valence-corrected chi connectivity index (χ2v) is 12.7. The van der Waals surface area contributed by atoms with Gasteiger partial charge in [0.1, 0.15) is 24.2 Å². The molecule has 3 N–H and O–H groups in total. The van der Waals surface area contributed by atoms with Crippen LogP contribution in [0.2, 0.25) is 0 Å². The average Bonchev–Trinajstić information content (AvgIpc) is 3.26. The molecular weight excluding hydrogens is 877 g/mol. The molecule has 6 rings (SSSR count). The summed E-state index contributed by atoms with van der Waals surface area (Å²) in [5.74, 6) is 0.558. The van der Waals surface area contributed by atoms with Gasteiger partial charge in [0.25, 0.3) is 0 Å². The molecule has 4 heterocycles. The van der Waals surface area contributed by atoms with Crippen molar-refractivity contribution in [2.45, 2.75) is 59.4 Å². The van der Waals surface area contributed by atoms with E-state index in [-0.39, 0.29) is 0 Å². The van der Waals surface area contributed by atoms with Crippen molar-refractivity contribution < 1.29 is 48.0 Å². The van der Waals surface area contributed by atoms with Crippen LogP contribution in [0.25, 0.3) is 22.3 Å². The van der Waals surface area contributed by atoms with Gasteiger partial charge in [0.05, 0.1) is 28.7 Å². The average molecular weight is 916 g/mol. The van der Waals surface area contributed by atoms with Gasteiger partial charge in [-0.15, -0.1) is 0 Å². The van der Waals surface area contributed by atoms with Crippen LogP contribution in [0.1, 0.15) is 69.4 Å². The lowest BCUT2D eigenvalue weighted by Gasteiger charge is -2.10. The number of nitrogens with two attached hydrogens (primary N) is 1. The molecule has 0 aliphatic carbocycles. The third-order valence-corrected chi connectivity index (χ3v) is 8.16. The lowest BCUT2D eigenvalue weighted by Crippen LogP contribution is -2.04. The van der Waals surface area contributed by atoms with Crippen LogP contribution in [0, 0.1) is 13.8 Å². The smallest absolute Gasteiger partial charge is 0.325 e. The first-order chi connectivity index (χ1) is 30.0. The highest BCUT2D eigenvalue weighted by atomic mass is 32.1. The van der Waals surface area contributed by atoms with E-state index in [0.717, 1.165) is 52.5 Å². The summed E-state index contributed by atoms with van der Waals surface area (Å²) in [5.41, 5.74) is 14.1. The molecule has 332 valence electrons. The number of carbonyl (C=O) groups excluding carboxylic acids is 1. The zero-order valence-corrected chi connectivity index (χ0v) is 35.5. The standard InChI is InChI=1S/C20H18F3N5.C15H12F3NO.C6H9N3.2O2S/c1-3-14-8-16(15-5-4-6-17(9-15)20(21,22)23)10-24-18(14)11-27-28-19-7-13(2)25-12-26-19;1-2-10-6-12(8-19-14(10)9-20)11-4-3-5-13(7-11)15(16,17)18;1-5-2-6(3-7)9-4-8-5;2*1-3-2/h4-12H,3H2,1-2H3,(H,25,26,28);3-9H,2H2,1H3;2,4H,3,7H2,1H3;;/b27-11+;;;;. The van der Waals surface area contributed by atoms with Crippen LogP contribution in [0.3, 0.4) is 0 Å². The number of halogens is 6. The molecule has 4 aromatic heterocycles. The van der Waals surface area contributed by atoms with Crippen molar-refractivity contribution in [2.75, 3.05) is 5.43 Å². The molecule has 0 aliphatic rings. The number of benzene rings is 2. The maximum Gasteiger partial charge on any atom is 0.416 e. The summed E-state index contributed by atoms with van der Waals surface area (Å²) < 4.78 is 110. The maximum absolute atomic E-state index is 12.9.